The molecule has 0 unspecified atom stereocenters. The third-order valence-corrected chi connectivity index (χ3v) is 0.687. The van der Waals surface area contributed by atoms with E-state index in [1.807, 2.05) is 0 Å². The number of carbonyl (C=O) groups excluding carboxylic acids is 1. The molecule has 0 atom stereocenters. The van der Waals surface area contributed by atoms with Crippen LogP contribution in [-0.2, 0) is 4.79 Å². The van der Waals surface area contributed by atoms with Crippen LogP contribution in [-0.4, -0.2) is 11.6 Å². The average Bonchev–Trinajstić information content (AvgIpc) is 1.63. The molecule has 0 saturated carbocycles. The molecule has 3 N–H and O–H groups in total. The van der Waals surface area contributed by atoms with Crippen molar-refractivity contribution < 1.29 is 4.79 Å². The maximum atomic E-state index is 10.1. The Kier molecular flexibility index (Phi) is 3.35. The largest absolute Gasteiger partial charge is 0.369 e. The van der Waals surface area contributed by atoms with E-state index in [0.717, 1.165) is 0 Å². The van der Waals surface area contributed by atoms with Crippen molar-refractivity contribution in [1.82, 2.24) is 0 Å². The van der Waals surface area contributed by atoms with E-state index in [4.69, 9.17) is 11.1 Å². The van der Waals surface area contributed by atoms with E-state index in [2.05, 4.69) is 0 Å². The molecule has 3 nitrogen and oxygen atoms in total. The summed E-state index contributed by atoms with van der Waals surface area (Å²) in [6.07, 6.45) is 3.34. The van der Waals surface area contributed by atoms with E-state index in [9.17, 15) is 4.79 Å². The Morgan fingerprint density at radius 3 is 2.67 bits per heavy atom. The minimum Gasteiger partial charge on any atom is -0.369 e. The molecule has 0 aliphatic rings. The van der Waals surface area contributed by atoms with Gasteiger partial charge in [-0.3, -0.25) is 4.79 Å². The molecule has 9 heavy (non-hydrogen) atoms. The number of carbonyl (C=O) groups is 1. The summed E-state index contributed by atoms with van der Waals surface area (Å²) in [5.41, 5.74) is 5.25. The van der Waals surface area contributed by atoms with Crippen molar-refractivity contribution in [1.29, 1.82) is 5.41 Å². The van der Waals surface area contributed by atoms with Crippen LogP contribution in [0.3, 0.4) is 0 Å². The van der Waals surface area contributed by atoms with Gasteiger partial charge >= 0.3 is 0 Å². The predicted octanol–water partition coefficient (Wildman–Crippen LogP) is 0.458. The molecule has 0 aliphatic carbocycles. The van der Waals surface area contributed by atoms with Gasteiger partial charge in [-0.25, -0.2) is 0 Å². The normalized spacial score (nSPS) is 9.89. The monoisotopic (exact) mass is 126 g/mol. The van der Waals surface area contributed by atoms with Crippen molar-refractivity contribution in [2.45, 2.75) is 13.3 Å². The first-order valence-corrected chi connectivity index (χ1v) is 2.63. The van der Waals surface area contributed by atoms with Gasteiger partial charge in [-0.2, -0.15) is 0 Å². The number of hydrogen-bond acceptors (Lipinski definition) is 2. The molecule has 50 valence electrons. The molecule has 0 aliphatic heterocycles. The number of nitrogens with one attached hydrogen (secondary N) is 1. The van der Waals surface area contributed by atoms with Gasteiger partial charge in [-0.1, -0.05) is 6.08 Å². The summed E-state index contributed by atoms with van der Waals surface area (Å²) in [4.78, 5) is 10.1. The minimum absolute atomic E-state index is 0.218. The van der Waals surface area contributed by atoms with E-state index in [0.29, 0.717) is 5.71 Å². The van der Waals surface area contributed by atoms with E-state index in [-0.39, 0.29) is 12.3 Å². The highest BCUT2D eigenvalue weighted by Crippen LogP contribution is 1.81. The van der Waals surface area contributed by atoms with Crippen molar-refractivity contribution in [3.8, 4) is 0 Å². The average molecular weight is 126 g/mol. The smallest absolute Gasteiger partial charge is 0.221 e. The summed E-state index contributed by atoms with van der Waals surface area (Å²) in [5.74, 6) is -0.368. The van der Waals surface area contributed by atoms with Crippen LogP contribution in [0, 0.1) is 5.41 Å². The summed E-state index contributed by atoms with van der Waals surface area (Å²) in [5, 5.41) is 6.90. The second kappa shape index (κ2) is 3.83. The van der Waals surface area contributed by atoms with Crippen LogP contribution in [0.2, 0.25) is 0 Å². The highest BCUT2D eigenvalue weighted by Gasteiger charge is 1.85. The summed E-state index contributed by atoms with van der Waals surface area (Å²) < 4.78 is 0. The SMILES string of the molecule is CC(=N)/C=C/CC(N)=O. The zero-order valence-corrected chi connectivity index (χ0v) is 5.35. The number of rotatable bonds is 3. The lowest BCUT2D eigenvalue weighted by atomic mass is 10.3. The molecule has 1 amide bonds. The maximum Gasteiger partial charge on any atom is 0.221 e. The van der Waals surface area contributed by atoms with Crippen molar-refractivity contribution in [3.63, 3.8) is 0 Å². The van der Waals surface area contributed by atoms with Crippen LogP contribution < -0.4 is 5.73 Å². The van der Waals surface area contributed by atoms with Crippen molar-refractivity contribution in [2.75, 3.05) is 0 Å². The molecule has 0 aromatic rings. The van der Waals surface area contributed by atoms with Crippen LogP contribution in [0.5, 0.6) is 0 Å². The zero-order valence-electron chi connectivity index (χ0n) is 5.35. The van der Waals surface area contributed by atoms with Gasteiger partial charge in [0.1, 0.15) is 0 Å². The first-order chi connectivity index (χ1) is 4.13. The Balaban J connectivity index is 3.48. The molecule has 0 bridgehead atoms. The molecular formula is C6H10N2O. The lowest BCUT2D eigenvalue weighted by Crippen LogP contribution is -2.08. The summed E-state index contributed by atoms with van der Waals surface area (Å²) in [6.45, 7) is 1.64. The number of allylic oxidation sites excluding steroid dienone is 1. The second-order valence-corrected chi connectivity index (χ2v) is 1.76. The van der Waals surface area contributed by atoms with Crippen LogP contribution in [0.15, 0.2) is 12.2 Å². The fourth-order valence-corrected chi connectivity index (χ4v) is 0.352. The molecule has 3 heteroatoms. The Morgan fingerprint density at radius 2 is 2.33 bits per heavy atom. The zero-order chi connectivity index (χ0) is 7.28. The van der Waals surface area contributed by atoms with Gasteiger partial charge in [0.05, 0.1) is 0 Å². The van der Waals surface area contributed by atoms with Crippen LogP contribution >= 0.6 is 0 Å². The van der Waals surface area contributed by atoms with Gasteiger partial charge in [0.15, 0.2) is 0 Å². The van der Waals surface area contributed by atoms with Gasteiger partial charge < -0.3 is 11.1 Å². The highest BCUT2D eigenvalue weighted by atomic mass is 16.1. The summed E-state index contributed by atoms with van der Waals surface area (Å²) in [7, 11) is 0. The Hall–Kier alpha value is -1.12. The Bertz CT molecular complexity index is 149. The van der Waals surface area contributed by atoms with Gasteiger partial charge in [-0.05, 0) is 13.0 Å². The maximum absolute atomic E-state index is 10.1. The number of nitrogens with two attached hydrogens (primary N) is 1. The fraction of sp³-hybridized carbons (Fsp3) is 0.333. The highest BCUT2D eigenvalue weighted by molar-refractivity contribution is 5.90. The summed E-state index contributed by atoms with van der Waals surface area (Å²) in [6, 6.07) is 0. The Labute approximate surface area is 54.1 Å². The molecule has 0 heterocycles. The van der Waals surface area contributed by atoms with Crippen molar-refractivity contribution in [3.05, 3.63) is 12.2 Å². The molecule has 0 fully saturated rings. The molecule has 0 spiro atoms. The van der Waals surface area contributed by atoms with Gasteiger partial charge in [0, 0.05) is 12.1 Å². The lowest BCUT2D eigenvalue weighted by Gasteiger charge is -1.83. The predicted molar refractivity (Wildman–Crippen MR) is 36.4 cm³/mol. The van der Waals surface area contributed by atoms with Gasteiger partial charge in [0.25, 0.3) is 0 Å². The number of hydrogen-bond donors (Lipinski definition) is 2. The van der Waals surface area contributed by atoms with Crippen molar-refractivity contribution >= 4 is 11.6 Å². The second-order valence-electron chi connectivity index (χ2n) is 1.76. The van der Waals surface area contributed by atoms with E-state index < -0.39 is 0 Å². The van der Waals surface area contributed by atoms with E-state index >= 15 is 0 Å². The quantitative estimate of drug-likeness (QED) is 0.530. The Morgan fingerprint density at radius 1 is 1.78 bits per heavy atom. The van der Waals surface area contributed by atoms with Gasteiger partial charge in [-0.15, -0.1) is 0 Å². The summed E-state index contributed by atoms with van der Waals surface area (Å²) >= 11 is 0. The molecule has 0 saturated heterocycles. The van der Waals surface area contributed by atoms with Crippen LogP contribution in [0.4, 0.5) is 0 Å². The first kappa shape index (κ1) is 7.88. The van der Waals surface area contributed by atoms with E-state index in [1.54, 1.807) is 19.1 Å². The molecular weight excluding hydrogens is 116 g/mol. The van der Waals surface area contributed by atoms with Gasteiger partial charge in [0.2, 0.25) is 5.91 Å². The number of primary amides is 1. The molecule has 0 aromatic carbocycles. The van der Waals surface area contributed by atoms with Crippen molar-refractivity contribution in [2.24, 2.45) is 5.73 Å². The number of amides is 1. The molecule has 0 rings (SSSR count). The van der Waals surface area contributed by atoms with Crippen LogP contribution in [0.25, 0.3) is 0 Å². The lowest BCUT2D eigenvalue weighted by molar-refractivity contribution is -0.117. The third kappa shape index (κ3) is 6.88. The third-order valence-electron chi connectivity index (χ3n) is 0.687. The topological polar surface area (TPSA) is 66.9 Å². The van der Waals surface area contributed by atoms with E-state index in [1.165, 1.54) is 0 Å². The molecule has 0 radical (unpaired) electrons. The fourth-order valence-electron chi connectivity index (χ4n) is 0.352. The minimum atomic E-state index is -0.368. The molecule has 0 aromatic heterocycles. The van der Waals surface area contributed by atoms with Crippen LogP contribution in [0.1, 0.15) is 13.3 Å². The first-order valence-electron chi connectivity index (χ1n) is 2.63. The standard InChI is InChI=1S/C6H10N2O/c1-5(7)3-2-4-6(8)9/h2-3,7H,4H2,1H3,(H2,8,9)/b3-2+,7-5?.